The second-order valence-electron chi connectivity index (χ2n) is 6.37. The van der Waals surface area contributed by atoms with Gasteiger partial charge in [0.2, 0.25) is 0 Å². The summed E-state index contributed by atoms with van der Waals surface area (Å²) < 4.78 is 10.7. The number of nitrogens with zero attached hydrogens (tertiary/aromatic N) is 4. The molecule has 3 aromatic rings. The highest BCUT2D eigenvalue weighted by Crippen LogP contribution is 2.37. The Kier molecular flexibility index (Phi) is 6.41. The van der Waals surface area contributed by atoms with E-state index in [1.807, 2.05) is 13.8 Å². The Labute approximate surface area is 178 Å². The van der Waals surface area contributed by atoms with E-state index in [0.717, 1.165) is 17.0 Å². The predicted molar refractivity (Wildman–Crippen MR) is 115 cm³/mol. The van der Waals surface area contributed by atoms with Crippen LogP contribution in [0.15, 0.2) is 46.5 Å². The molecule has 0 amide bonds. The van der Waals surface area contributed by atoms with Gasteiger partial charge in [-0.1, -0.05) is 29.9 Å². The lowest BCUT2D eigenvalue weighted by molar-refractivity contribution is 0.363. The van der Waals surface area contributed by atoms with E-state index in [1.54, 1.807) is 30.3 Å². The van der Waals surface area contributed by atoms with Crippen molar-refractivity contribution in [2.75, 3.05) is 12.3 Å². The van der Waals surface area contributed by atoms with Crippen LogP contribution in [0.3, 0.4) is 0 Å². The third-order valence-corrected chi connectivity index (χ3v) is 5.46. The van der Waals surface area contributed by atoms with E-state index in [-0.39, 0.29) is 11.4 Å². The number of nitrogen functional groups attached to an aromatic ring is 1. The van der Waals surface area contributed by atoms with Gasteiger partial charge in [0.15, 0.2) is 0 Å². The number of anilines is 1. The normalized spacial score (nSPS) is 10.3. The molecule has 30 heavy (non-hydrogen) atoms. The van der Waals surface area contributed by atoms with Crippen LogP contribution in [0.5, 0.6) is 5.75 Å². The Balaban J connectivity index is 2.05. The number of pyridine rings is 1. The van der Waals surface area contributed by atoms with Crippen molar-refractivity contribution in [2.45, 2.75) is 24.6 Å². The number of benzene rings is 1. The van der Waals surface area contributed by atoms with Crippen LogP contribution < -0.4 is 10.5 Å². The van der Waals surface area contributed by atoms with Crippen LogP contribution >= 0.6 is 11.8 Å². The molecule has 2 N–H and O–H groups in total. The van der Waals surface area contributed by atoms with E-state index in [0.29, 0.717) is 39.8 Å². The number of hydrogen-bond acceptors (Lipinski definition) is 8. The number of aryl methyl sites for hydroxylation is 2. The van der Waals surface area contributed by atoms with Crippen molar-refractivity contribution in [3.8, 4) is 29.0 Å². The minimum absolute atomic E-state index is 0.0831. The first-order valence-electron chi connectivity index (χ1n) is 9.02. The smallest absolute Gasteiger partial charge is 0.143 e. The monoisotopic (exact) mass is 417 g/mol. The van der Waals surface area contributed by atoms with Crippen molar-refractivity contribution in [1.82, 2.24) is 10.1 Å². The van der Waals surface area contributed by atoms with E-state index in [1.165, 1.54) is 11.8 Å². The Morgan fingerprint density at radius 1 is 1.20 bits per heavy atom. The van der Waals surface area contributed by atoms with Crippen molar-refractivity contribution in [1.29, 1.82) is 10.5 Å². The zero-order valence-corrected chi connectivity index (χ0v) is 17.4. The highest BCUT2D eigenvalue weighted by atomic mass is 32.2. The average Bonchev–Trinajstić information content (AvgIpc) is 3.07. The van der Waals surface area contributed by atoms with Crippen LogP contribution in [-0.2, 0) is 5.75 Å². The zero-order chi connectivity index (χ0) is 21.7. The summed E-state index contributed by atoms with van der Waals surface area (Å²) in [4.78, 5) is 4.33. The lowest BCUT2D eigenvalue weighted by Crippen LogP contribution is -2.03. The molecule has 0 radical (unpaired) electrons. The SMILES string of the molecule is C=CCOc1ccc(-c2c(C#N)c(N)nc(SCc3c(C)noc3C)c2C#N)cc1. The van der Waals surface area contributed by atoms with Gasteiger partial charge in [0.05, 0.1) is 11.3 Å². The van der Waals surface area contributed by atoms with Gasteiger partial charge in [0.25, 0.3) is 0 Å². The molecule has 8 heteroatoms. The van der Waals surface area contributed by atoms with Gasteiger partial charge in [-0.25, -0.2) is 4.98 Å². The van der Waals surface area contributed by atoms with E-state index in [2.05, 4.69) is 28.9 Å². The summed E-state index contributed by atoms with van der Waals surface area (Å²) in [7, 11) is 0. The van der Waals surface area contributed by atoms with Crippen LogP contribution in [0.25, 0.3) is 11.1 Å². The van der Waals surface area contributed by atoms with E-state index in [9.17, 15) is 10.5 Å². The van der Waals surface area contributed by atoms with Crippen molar-refractivity contribution in [3.05, 3.63) is 65.1 Å². The zero-order valence-electron chi connectivity index (χ0n) is 16.6. The molecule has 150 valence electrons. The van der Waals surface area contributed by atoms with Gasteiger partial charge in [-0.05, 0) is 31.5 Å². The Bertz CT molecular complexity index is 1150. The minimum Gasteiger partial charge on any atom is -0.490 e. The quantitative estimate of drug-likeness (QED) is 0.439. The van der Waals surface area contributed by atoms with Crippen LogP contribution in [0.2, 0.25) is 0 Å². The molecule has 0 spiro atoms. The second-order valence-corrected chi connectivity index (χ2v) is 7.33. The summed E-state index contributed by atoms with van der Waals surface area (Å²) in [6.07, 6.45) is 1.65. The summed E-state index contributed by atoms with van der Waals surface area (Å²) >= 11 is 1.36. The van der Waals surface area contributed by atoms with Crippen LogP contribution in [-0.4, -0.2) is 16.7 Å². The maximum atomic E-state index is 9.89. The Morgan fingerprint density at radius 2 is 1.90 bits per heavy atom. The largest absolute Gasteiger partial charge is 0.490 e. The van der Waals surface area contributed by atoms with Gasteiger partial charge in [0, 0.05) is 16.9 Å². The van der Waals surface area contributed by atoms with Crippen molar-refractivity contribution < 1.29 is 9.26 Å². The summed E-state index contributed by atoms with van der Waals surface area (Å²) in [6, 6.07) is 11.4. The Hall–Kier alpha value is -3.75. The highest BCUT2D eigenvalue weighted by Gasteiger charge is 2.21. The first-order chi connectivity index (χ1) is 14.5. The lowest BCUT2D eigenvalue weighted by atomic mass is 9.97. The number of ether oxygens (including phenoxy) is 1. The summed E-state index contributed by atoms with van der Waals surface area (Å²) in [5, 5.41) is 23.9. The molecule has 0 saturated carbocycles. The van der Waals surface area contributed by atoms with Gasteiger partial charge in [0.1, 0.15) is 46.7 Å². The average molecular weight is 417 g/mol. The molecular formula is C22H19N5O2S. The summed E-state index contributed by atoms with van der Waals surface area (Å²) in [5.74, 6) is 1.98. The topological polar surface area (TPSA) is 122 Å². The molecule has 7 nitrogen and oxygen atoms in total. The molecule has 0 bridgehead atoms. The number of nitrogens with two attached hydrogens (primary N) is 1. The van der Waals surface area contributed by atoms with Crippen molar-refractivity contribution in [2.24, 2.45) is 0 Å². The molecular weight excluding hydrogens is 398 g/mol. The molecule has 3 rings (SSSR count). The number of thioether (sulfide) groups is 1. The molecule has 0 aliphatic heterocycles. The first kappa shape index (κ1) is 21.0. The van der Waals surface area contributed by atoms with E-state index in [4.69, 9.17) is 15.0 Å². The molecule has 0 unspecified atom stereocenters. The second kappa shape index (κ2) is 9.17. The van der Waals surface area contributed by atoms with Crippen LogP contribution in [0.1, 0.15) is 28.1 Å². The molecule has 2 aromatic heterocycles. The fourth-order valence-corrected chi connectivity index (χ4v) is 4.06. The molecule has 0 fully saturated rings. The third kappa shape index (κ3) is 4.14. The van der Waals surface area contributed by atoms with Gasteiger partial charge in [-0.3, -0.25) is 0 Å². The summed E-state index contributed by atoms with van der Waals surface area (Å²) in [5.41, 5.74) is 9.43. The molecule has 0 atom stereocenters. The number of nitriles is 2. The third-order valence-electron chi connectivity index (χ3n) is 4.46. The first-order valence-corrected chi connectivity index (χ1v) is 10.0. The van der Waals surface area contributed by atoms with Gasteiger partial charge in [-0.2, -0.15) is 10.5 Å². The van der Waals surface area contributed by atoms with Gasteiger partial charge < -0.3 is 15.0 Å². The molecule has 1 aromatic carbocycles. The molecule has 2 heterocycles. The van der Waals surface area contributed by atoms with Gasteiger partial charge in [-0.15, -0.1) is 11.8 Å². The lowest BCUT2D eigenvalue weighted by Gasteiger charge is -2.13. The molecule has 0 aliphatic rings. The number of rotatable bonds is 7. The predicted octanol–water partition coefficient (Wildman–Crippen LogP) is 4.54. The van der Waals surface area contributed by atoms with Gasteiger partial charge >= 0.3 is 0 Å². The minimum atomic E-state index is 0.0831. The molecule has 0 saturated heterocycles. The number of hydrogen-bond donors (Lipinski definition) is 1. The van der Waals surface area contributed by atoms with Crippen molar-refractivity contribution >= 4 is 17.6 Å². The fourth-order valence-electron chi connectivity index (χ4n) is 2.91. The van der Waals surface area contributed by atoms with E-state index >= 15 is 0 Å². The summed E-state index contributed by atoms with van der Waals surface area (Å²) in [6.45, 7) is 7.71. The fraction of sp³-hybridized carbons (Fsp3) is 0.182. The highest BCUT2D eigenvalue weighted by molar-refractivity contribution is 7.98. The Morgan fingerprint density at radius 3 is 2.47 bits per heavy atom. The maximum Gasteiger partial charge on any atom is 0.143 e. The molecule has 0 aliphatic carbocycles. The van der Waals surface area contributed by atoms with E-state index < -0.39 is 0 Å². The van der Waals surface area contributed by atoms with Crippen molar-refractivity contribution in [3.63, 3.8) is 0 Å². The standard InChI is InChI=1S/C22H19N5O2S/c1-4-9-28-16-7-5-15(6-8-16)20-17(10-23)21(25)26-22(18(20)11-24)30-12-19-13(2)27-29-14(19)3/h4-8H,1,9,12H2,2-3H3,(H2,25,26). The van der Waals surface area contributed by atoms with Crippen LogP contribution in [0, 0.1) is 36.5 Å². The number of aromatic nitrogens is 2. The maximum absolute atomic E-state index is 9.89. The van der Waals surface area contributed by atoms with Crippen LogP contribution in [0.4, 0.5) is 5.82 Å².